The molecule has 4 nitrogen and oxygen atoms in total. The minimum absolute atomic E-state index is 0. The molecule has 1 aromatic carbocycles. The molecule has 1 fully saturated rings. The monoisotopic (exact) mass is 353 g/mol. The van der Waals surface area contributed by atoms with Crippen LogP contribution in [0.25, 0.3) is 11.1 Å². The van der Waals surface area contributed by atoms with Gasteiger partial charge in [0, 0.05) is 31.0 Å². The molecule has 0 spiro atoms. The summed E-state index contributed by atoms with van der Waals surface area (Å²) in [5.41, 5.74) is 8.37. The highest BCUT2D eigenvalue weighted by molar-refractivity contribution is 5.95. The first-order valence-corrected chi connectivity index (χ1v) is 7.27. The minimum atomic E-state index is 0. The van der Waals surface area contributed by atoms with Crippen molar-refractivity contribution in [3.05, 3.63) is 54.4 Å². The van der Waals surface area contributed by atoms with E-state index in [0.717, 1.165) is 30.6 Å². The number of hydrogen-bond donors (Lipinski definition) is 1. The lowest BCUT2D eigenvalue weighted by atomic mass is 10.1. The van der Waals surface area contributed by atoms with E-state index in [1.165, 1.54) is 0 Å². The van der Waals surface area contributed by atoms with Gasteiger partial charge < -0.3 is 10.6 Å². The van der Waals surface area contributed by atoms with Crippen LogP contribution in [0.3, 0.4) is 0 Å². The van der Waals surface area contributed by atoms with E-state index in [1.807, 2.05) is 41.3 Å². The lowest BCUT2D eigenvalue weighted by molar-refractivity contribution is 0.0787. The molecule has 124 valence electrons. The molecule has 1 aliphatic rings. The first-order chi connectivity index (χ1) is 10.3. The Morgan fingerprint density at radius 1 is 1.17 bits per heavy atom. The molecule has 0 bridgehead atoms. The Kier molecular flexibility index (Phi) is 7.49. The molecule has 1 aliphatic heterocycles. The molecule has 6 heteroatoms. The van der Waals surface area contributed by atoms with Gasteiger partial charge in [0.1, 0.15) is 0 Å². The summed E-state index contributed by atoms with van der Waals surface area (Å²) >= 11 is 0. The Bertz CT molecular complexity index is 637. The maximum absolute atomic E-state index is 12.5. The molecule has 0 aliphatic carbocycles. The third-order valence-corrected chi connectivity index (χ3v) is 4.00. The van der Waals surface area contributed by atoms with Crippen molar-refractivity contribution in [2.24, 2.45) is 11.7 Å². The van der Waals surface area contributed by atoms with Gasteiger partial charge in [0.15, 0.2) is 0 Å². The van der Waals surface area contributed by atoms with Gasteiger partial charge in [-0.1, -0.05) is 30.3 Å². The number of hydrogen-bond acceptors (Lipinski definition) is 3. The van der Waals surface area contributed by atoms with Crippen molar-refractivity contribution in [3.63, 3.8) is 0 Å². The van der Waals surface area contributed by atoms with Crippen molar-refractivity contribution >= 4 is 30.7 Å². The summed E-state index contributed by atoms with van der Waals surface area (Å²) in [4.78, 5) is 18.6. The van der Waals surface area contributed by atoms with Gasteiger partial charge in [0.2, 0.25) is 0 Å². The Morgan fingerprint density at radius 3 is 2.57 bits per heavy atom. The van der Waals surface area contributed by atoms with Gasteiger partial charge in [-0.3, -0.25) is 9.78 Å². The number of nitrogens with zero attached hydrogens (tertiary/aromatic N) is 2. The molecule has 0 saturated carbocycles. The first kappa shape index (κ1) is 19.4. The highest BCUT2D eigenvalue weighted by Gasteiger charge is 2.26. The molecule has 2 aromatic rings. The van der Waals surface area contributed by atoms with Gasteiger partial charge in [-0.05, 0) is 30.5 Å². The number of likely N-dealkylation sites (tertiary alicyclic amines) is 1. The highest BCUT2D eigenvalue weighted by Crippen LogP contribution is 2.21. The summed E-state index contributed by atoms with van der Waals surface area (Å²) in [5.74, 6) is 0.482. The van der Waals surface area contributed by atoms with Crippen LogP contribution in [0.1, 0.15) is 16.8 Å². The predicted octanol–water partition coefficient (Wildman–Crippen LogP) is 3.01. The van der Waals surface area contributed by atoms with Crippen molar-refractivity contribution in [1.82, 2.24) is 9.88 Å². The summed E-state index contributed by atoms with van der Waals surface area (Å²) < 4.78 is 0. The van der Waals surface area contributed by atoms with Crippen LogP contribution in [0, 0.1) is 5.92 Å². The van der Waals surface area contributed by atoms with E-state index in [4.69, 9.17) is 5.73 Å². The Hall–Kier alpha value is -1.62. The molecular formula is C17H21Cl2N3O. The fraction of sp³-hybridized carbons (Fsp3) is 0.294. The molecule has 0 radical (unpaired) electrons. The molecule has 1 unspecified atom stereocenters. The number of carbonyl (C=O) groups excluding carboxylic acids is 1. The third-order valence-electron chi connectivity index (χ3n) is 4.00. The van der Waals surface area contributed by atoms with Crippen LogP contribution >= 0.6 is 24.8 Å². The molecular weight excluding hydrogens is 333 g/mol. The van der Waals surface area contributed by atoms with E-state index in [1.54, 1.807) is 12.4 Å². The SMILES string of the molecule is Cl.Cl.NCC1CCN(C(=O)c2cncc(-c3ccccc3)c2)C1. The average Bonchev–Trinajstić information content (AvgIpc) is 3.04. The molecule has 1 aromatic heterocycles. The molecule has 1 saturated heterocycles. The standard InChI is InChI=1S/C17H19N3O.2ClH/c18-9-13-6-7-20(12-13)17(21)16-8-15(10-19-11-16)14-4-2-1-3-5-14;;/h1-5,8,10-11,13H,6-7,9,12,18H2;2*1H. The predicted molar refractivity (Wildman–Crippen MR) is 97.2 cm³/mol. The zero-order valence-corrected chi connectivity index (χ0v) is 14.4. The minimum Gasteiger partial charge on any atom is -0.338 e. The average molecular weight is 354 g/mol. The Balaban J connectivity index is 0.00000132. The number of aromatic nitrogens is 1. The maximum Gasteiger partial charge on any atom is 0.255 e. The summed E-state index contributed by atoms with van der Waals surface area (Å²) in [5, 5.41) is 0. The maximum atomic E-state index is 12.5. The second-order valence-corrected chi connectivity index (χ2v) is 5.47. The largest absolute Gasteiger partial charge is 0.338 e. The summed E-state index contributed by atoms with van der Waals surface area (Å²) in [6.45, 7) is 2.19. The fourth-order valence-corrected chi connectivity index (χ4v) is 2.74. The Morgan fingerprint density at radius 2 is 1.91 bits per heavy atom. The summed E-state index contributed by atoms with van der Waals surface area (Å²) in [7, 11) is 0. The number of rotatable bonds is 3. The van der Waals surface area contributed by atoms with E-state index < -0.39 is 0 Å². The number of halogens is 2. The lowest BCUT2D eigenvalue weighted by Crippen LogP contribution is -2.29. The fourth-order valence-electron chi connectivity index (χ4n) is 2.74. The van der Waals surface area contributed by atoms with E-state index in [-0.39, 0.29) is 30.7 Å². The zero-order valence-electron chi connectivity index (χ0n) is 12.7. The second kappa shape index (κ2) is 8.87. The van der Waals surface area contributed by atoms with Crippen molar-refractivity contribution in [2.45, 2.75) is 6.42 Å². The molecule has 2 heterocycles. The lowest BCUT2D eigenvalue weighted by Gasteiger charge is -2.16. The molecule has 23 heavy (non-hydrogen) atoms. The second-order valence-electron chi connectivity index (χ2n) is 5.47. The highest BCUT2D eigenvalue weighted by atomic mass is 35.5. The summed E-state index contributed by atoms with van der Waals surface area (Å²) in [6.07, 6.45) is 4.43. The molecule has 2 N–H and O–H groups in total. The first-order valence-electron chi connectivity index (χ1n) is 7.27. The van der Waals surface area contributed by atoms with Crippen LogP contribution in [0.2, 0.25) is 0 Å². The van der Waals surface area contributed by atoms with E-state index in [2.05, 4.69) is 4.98 Å². The Labute approximate surface area is 148 Å². The van der Waals surface area contributed by atoms with Crippen molar-refractivity contribution in [2.75, 3.05) is 19.6 Å². The van der Waals surface area contributed by atoms with Gasteiger partial charge in [-0.15, -0.1) is 24.8 Å². The van der Waals surface area contributed by atoms with Gasteiger partial charge in [-0.2, -0.15) is 0 Å². The topological polar surface area (TPSA) is 59.2 Å². The quantitative estimate of drug-likeness (QED) is 0.922. The van der Waals surface area contributed by atoms with Gasteiger partial charge in [-0.25, -0.2) is 0 Å². The summed E-state index contributed by atoms with van der Waals surface area (Å²) in [6, 6.07) is 11.9. The normalized spacial score (nSPS) is 16.4. The van der Waals surface area contributed by atoms with E-state index >= 15 is 0 Å². The number of benzene rings is 1. The molecule has 1 amide bonds. The van der Waals surface area contributed by atoms with Crippen molar-refractivity contribution in [3.8, 4) is 11.1 Å². The number of nitrogens with two attached hydrogens (primary N) is 1. The third kappa shape index (κ3) is 4.44. The number of amides is 1. The van der Waals surface area contributed by atoms with Crippen LogP contribution in [0.4, 0.5) is 0 Å². The zero-order chi connectivity index (χ0) is 14.7. The van der Waals surface area contributed by atoms with Crippen LogP contribution in [0.5, 0.6) is 0 Å². The van der Waals surface area contributed by atoms with Crippen molar-refractivity contribution in [1.29, 1.82) is 0 Å². The van der Waals surface area contributed by atoms with Crippen LogP contribution in [-0.4, -0.2) is 35.4 Å². The van der Waals surface area contributed by atoms with Gasteiger partial charge >= 0.3 is 0 Å². The molecule has 3 rings (SSSR count). The van der Waals surface area contributed by atoms with E-state index in [9.17, 15) is 4.79 Å². The smallest absolute Gasteiger partial charge is 0.255 e. The number of carbonyl (C=O) groups is 1. The van der Waals surface area contributed by atoms with Crippen LogP contribution in [-0.2, 0) is 0 Å². The van der Waals surface area contributed by atoms with E-state index in [0.29, 0.717) is 18.0 Å². The van der Waals surface area contributed by atoms with Gasteiger partial charge in [0.05, 0.1) is 5.56 Å². The van der Waals surface area contributed by atoms with Crippen molar-refractivity contribution < 1.29 is 4.79 Å². The van der Waals surface area contributed by atoms with Crippen LogP contribution in [0.15, 0.2) is 48.8 Å². The van der Waals surface area contributed by atoms with Crippen LogP contribution < -0.4 is 5.73 Å². The molecule has 1 atom stereocenters. The van der Waals surface area contributed by atoms with Gasteiger partial charge in [0.25, 0.3) is 5.91 Å². The number of pyridine rings is 1.